The fourth-order valence-electron chi connectivity index (χ4n) is 4.63. The lowest BCUT2D eigenvalue weighted by Crippen LogP contribution is -2.45. The van der Waals surface area contributed by atoms with Gasteiger partial charge in [-0.25, -0.2) is 4.79 Å². The summed E-state index contributed by atoms with van der Waals surface area (Å²) < 4.78 is 7.44. The van der Waals surface area contributed by atoms with Gasteiger partial charge in [-0.3, -0.25) is 9.58 Å². The maximum atomic E-state index is 13.1. The summed E-state index contributed by atoms with van der Waals surface area (Å²) in [7, 11) is 0. The minimum atomic E-state index is -0.197. The van der Waals surface area contributed by atoms with E-state index in [9.17, 15) is 4.79 Å². The van der Waals surface area contributed by atoms with Crippen LogP contribution in [0.25, 0.3) is 11.3 Å². The normalized spacial score (nSPS) is 14.7. The van der Waals surface area contributed by atoms with Gasteiger partial charge in [0.2, 0.25) is 0 Å². The summed E-state index contributed by atoms with van der Waals surface area (Å²) in [5.74, 6) is 0. The zero-order chi connectivity index (χ0) is 25.3. The second-order valence-corrected chi connectivity index (χ2v) is 9.26. The van der Waals surface area contributed by atoms with Crippen LogP contribution in [-0.2, 0) is 17.8 Å². The second-order valence-electron chi connectivity index (χ2n) is 9.26. The molecule has 3 aromatic carbocycles. The third-order valence-electron chi connectivity index (χ3n) is 6.56. The number of nitrogens with zero attached hydrogens (tertiary/aromatic N) is 3. The van der Waals surface area contributed by atoms with Gasteiger partial charge >= 0.3 is 6.03 Å². The number of aromatic nitrogens is 2. The van der Waals surface area contributed by atoms with Crippen molar-refractivity contribution >= 4 is 6.03 Å². The lowest BCUT2D eigenvalue weighted by Gasteiger charge is -2.31. The van der Waals surface area contributed by atoms with E-state index in [1.165, 1.54) is 5.56 Å². The predicted octanol–water partition coefficient (Wildman–Crippen LogP) is 4.47. The first kappa shape index (κ1) is 24.7. The molecule has 5 rings (SSSR count). The van der Waals surface area contributed by atoms with Gasteiger partial charge < -0.3 is 15.4 Å². The standard InChI is InChI=1S/C30H33N5O2/c36-30(32-28(25-12-6-2-7-13-25)23-34-16-18-37-19-17-34)31-20-27-22-35(21-24-10-4-1-5-11-24)33-29(27)26-14-8-3-9-15-26/h1-15,22,28H,16-21,23H2,(H2,31,32,36). The largest absolute Gasteiger partial charge is 0.379 e. The average molecular weight is 496 g/mol. The number of morpholine rings is 1. The molecule has 2 amide bonds. The number of benzene rings is 3. The van der Waals surface area contributed by atoms with Crippen molar-refractivity contribution in [1.29, 1.82) is 0 Å². The van der Waals surface area contributed by atoms with E-state index < -0.39 is 0 Å². The molecule has 7 heteroatoms. The molecule has 0 bridgehead atoms. The molecule has 2 heterocycles. The van der Waals surface area contributed by atoms with Gasteiger partial charge in [-0.15, -0.1) is 0 Å². The minimum absolute atomic E-state index is 0.117. The van der Waals surface area contributed by atoms with Crippen molar-refractivity contribution in [3.63, 3.8) is 0 Å². The molecule has 0 aliphatic carbocycles. The number of hydrogen-bond donors (Lipinski definition) is 2. The van der Waals surface area contributed by atoms with Crippen LogP contribution in [0.15, 0.2) is 97.2 Å². The fourth-order valence-corrected chi connectivity index (χ4v) is 4.63. The van der Waals surface area contributed by atoms with Crippen LogP contribution in [0.5, 0.6) is 0 Å². The number of urea groups is 1. The quantitative estimate of drug-likeness (QED) is 0.359. The van der Waals surface area contributed by atoms with Gasteiger partial charge in [-0.2, -0.15) is 5.10 Å². The van der Waals surface area contributed by atoms with E-state index in [1.807, 2.05) is 77.6 Å². The average Bonchev–Trinajstić information content (AvgIpc) is 3.36. The van der Waals surface area contributed by atoms with Crippen molar-refractivity contribution in [2.75, 3.05) is 32.8 Å². The first-order valence-corrected chi connectivity index (χ1v) is 12.8. The zero-order valence-corrected chi connectivity index (χ0v) is 20.9. The third kappa shape index (κ3) is 6.84. The summed E-state index contributed by atoms with van der Waals surface area (Å²) in [6.07, 6.45) is 2.03. The van der Waals surface area contributed by atoms with Crippen molar-refractivity contribution in [2.24, 2.45) is 0 Å². The van der Waals surface area contributed by atoms with Gasteiger partial charge in [-0.05, 0) is 11.1 Å². The number of carbonyl (C=O) groups excluding carboxylic acids is 1. The van der Waals surface area contributed by atoms with Gasteiger partial charge in [-0.1, -0.05) is 91.0 Å². The number of nitrogens with one attached hydrogen (secondary N) is 2. The molecular formula is C30H33N5O2. The van der Waals surface area contributed by atoms with Gasteiger partial charge in [0.15, 0.2) is 0 Å². The summed E-state index contributed by atoms with van der Waals surface area (Å²) in [6, 6.07) is 30.2. The van der Waals surface area contributed by atoms with E-state index in [4.69, 9.17) is 9.84 Å². The SMILES string of the molecule is O=C(NCc1cn(Cc2ccccc2)nc1-c1ccccc1)NC(CN1CCOCC1)c1ccccc1. The zero-order valence-electron chi connectivity index (χ0n) is 20.9. The molecule has 1 aliphatic rings. The molecule has 1 saturated heterocycles. The third-order valence-corrected chi connectivity index (χ3v) is 6.56. The summed E-state index contributed by atoms with van der Waals surface area (Å²) in [5.41, 5.74) is 5.15. The van der Waals surface area contributed by atoms with E-state index in [0.717, 1.165) is 55.2 Å². The first-order valence-electron chi connectivity index (χ1n) is 12.8. The lowest BCUT2D eigenvalue weighted by molar-refractivity contribution is 0.0340. The second kappa shape index (κ2) is 12.3. The Bertz CT molecular complexity index is 1260. The Morgan fingerprint density at radius 3 is 2.24 bits per heavy atom. The maximum absolute atomic E-state index is 13.1. The summed E-state index contributed by atoms with van der Waals surface area (Å²) >= 11 is 0. The molecule has 0 saturated carbocycles. The highest BCUT2D eigenvalue weighted by Crippen LogP contribution is 2.22. The van der Waals surface area contributed by atoms with Crippen LogP contribution in [0.3, 0.4) is 0 Å². The van der Waals surface area contributed by atoms with Gasteiger partial charge in [0.1, 0.15) is 0 Å². The summed E-state index contributed by atoms with van der Waals surface area (Å²) in [4.78, 5) is 15.4. The van der Waals surface area contributed by atoms with Gasteiger partial charge in [0, 0.05) is 43.5 Å². The van der Waals surface area contributed by atoms with Crippen molar-refractivity contribution < 1.29 is 9.53 Å². The summed E-state index contributed by atoms with van der Waals surface area (Å²) in [6.45, 7) is 4.98. The van der Waals surface area contributed by atoms with Crippen molar-refractivity contribution in [3.8, 4) is 11.3 Å². The highest BCUT2D eigenvalue weighted by Gasteiger charge is 2.20. The molecule has 190 valence electrons. The van der Waals surface area contributed by atoms with E-state index >= 15 is 0 Å². The molecule has 7 nitrogen and oxygen atoms in total. The van der Waals surface area contributed by atoms with Gasteiger partial charge in [0.05, 0.1) is 31.5 Å². The monoisotopic (exact) mass is 495 g/mol. The smallest absolute Gasteiger partial charge is 0.315 e. The lowest BCUT2D eigenvalue weighted by atomic mass is 10.1. The van der Waals surface area contributed by atoms with E-state index in [0.29, 0.717) is 13.1 Å². The molecular weight excluding hydrogens is 462 g/mol. The molecule has 1 unspecified atom stereocenters. The van der Waals surface area contributed by atoms with E-state index in [1.54, 1.807) is 0 Å². The van der Waals surface area contributed by atoms with E-state index in [2.05, 4.69) is 39.8 Å². The molecule has 1 aliphatic heterocycles. The highest BCUT2D eigenvalue weighted by atomic mass is 16.5. The molecule has 1 aromatic heterocycles. The molecule has 1 fully saturated rings. The molecule has 37 heavy (non-hydrogen) atoms. The molecule has 4 aromatic rings. The van der Waals surface area contributed by atoms with Gasteiger partial charge in [0.25, 0.3) is 0 Å². The van der Waals surface area contributed by atoms with Crippen LogP contribution in [0, 0.1) is 0 Å². The Labute approximate surface area is 218 Å². The number of rotatable bonds is 9. The first-order chi connectivity index (χ1) is 18.2. The molecule has 2 N–H and O–H groups in total. The van der Waals surface area contributed by atoms with E-state index in [-0.39, 0.29) is 12.1 Å². The van der Waals surface area contributed by atoms with Crippen molar-refractivity contribution in [2.45, 2.75) is 19.1 Å². The van der Waals surface area contributed by atoms with Crippen LogP contribution in [0.4, 0.5) is 4.79 Å². The molecule has 0 radical (unpaired) electrons. The fraction of sp³-hybridized carbons (Fsp3) is 0.267. The Kier molecular flexibility index (Phi) is 8.25. The number of ether oxygens (including phenoxy) is 1. The van der Waals surface area contributed by atoms with Crippen LogP contribution in [0.2, 0.25) is 0 Å². The summed E-state index contributed by atoms with van der Waals surface area (Å²) in [5, 5.41) is 11.1. The van der Waals surface area contributed by atoms with Crippen molar-refractivity contribution in [1.82, 2.24) is 25.3 Å². The minimum Gasteiger partial charge on any atom is -0.379 e. The molecule has 0 spiro atoms. The Morgan fingerprint density at radius 1 is 0.892 bits per heavy atom. The van der Waals surface area contributed by atoms with Crippen LogP contribution >= 0.6 is 0 Å². The Hall–Kier alpha value is -3.94. The van der Waals surface area contributed by atoms with Crippen LogP contribution in [0.1, 0.15) is 22.7 Å². The predicted molar refractivity (Wildman–Crippen MR) is 145 cm³/mol. The van der Waals surface area contributed by atoms with Crippen LogP contribution < -0.4 is 10.6 Å². The number of amides is 2. The molecule has 1 atom stereocenters. The topological polar surface area (TPSA) is 71.4 Å². The number of hydrogen-bond acceptors (Lipinski definition) is 4. The Balaban J connectivity index is 1.29. The van der Waals surface area contributed by atoms with Crippen LogP contribution in [-0.4, -0.2) is 53.6 Å². The Morgan fingerprint density at radius 2 is 1.54 bits per heavy atom. The maximum Gasteiger partial charge on any atom is 0.315 e. The highest BCUT2D eigenvalue weighted by molar-refractivity contribution is 5.75. The number of carbonyl (C=O) groups is 1. The van der Waals surface area contributed by atoms with Crippen molar-refractivity contribution in [3.05, 3.63) is 114 Å².